The van der Waals surface area contributed by atoms with Crippen LogP contribution in [0.15, 0.2) is 18.2 Å². The summed E-state index contributed by atoms with van der Waals surface area (Å²) in [5.74, 6) is 0. The Bertz CT molecular complexity index is 461. The Kier molecular flexibility index (Phi) is 6.37. The number of hydrogen-bond donors (Lipinski definition) is 1. The third-order valence-corrected chi connectivity index (χ3v) is 3.05. The lowest BCUT2D eigenvalue weighted by molar-refractivity contribution is -0.137. The summed E-state index contributed by atoms with van der Waals surface area (Å²) in [5.41, 5.74) is -0.706. The Morgan fingerprint density at radius 2 is 1.85 bits per heavy atom. The number of alkyl halides is 3. The maximum absolute atomic E-state index is 12.9. The number of halogens is 3. The van der Waals surface area contributed by atoms with Crippen LogP contribution >= 0.6 is 0 Å². The Morgan fingerprint density at radius 3 is 2.45 bits per heavy atom. The van der Waals surface area contributed by atoms with Gasteiger partial charge in [-0.15, -0.1) is 0 Å². The number of nitriles is 1. The maximum atomic E-state index is 12.9. The molecule has 0 radical (unpaired) electrons. The van der Waals surface area contributed by atoms with Crippen LogP contribution in [0.4, 0.5) is 18.9 Å². The molecule has 0 aromatic heterocycles. The van der Waals surface area contributed by atoms with Crippen LogP contribution in [0, 0.1) is 11.3 Å². The Morgan fingerprint density at radius 1 is 1.15 bits per heavy atom. The minimum absolute atomic E-state index is 0.0193. The smallest absolute Gasteiger partial charge is 0.385 e. The second kappa shape index (κ2) is 7.78. The summed E-state index contributed by atoms with van der Waals surface area (Å²) >= 11 is 0. The predicted molar refractivity (Wildman–Crippen MR) is 73.4 cm³/mol. The van der Waals surface area contributed by atoms with Crippen molar-refractivity contribution in [2.75, 3.05) is 11.9 Å². The molecular weight excluding hydrogens is 265 g/mol. The Labute approximate surface area is 117 Å². The van der Waals surface area contributed by atoms with E-state index in [1.165, 1.54) is 12.1 Å². The van der Waals surface area contributed by atoms with Crippen molar-refractivity contribution in [3.8, 4) is 6.07 Å². The Balaban J connectivity index is 2.63. The summed E-state index contributed by atoms with van der Waals surface area (Å²) in [6.45, 7) is 2.63. The fourth-order valence-electron chi connectivity index (χ4n) is 1.95. The van der Waals surface area contributed by atoms with Crippen molar-refractivity contribution in [3.05, 3.63) is 29.3 Å². The van der Waals surface area contributed by atoms with Crippen LogP contribution in [0.1, 0.15) is 50.2 Å². The summed E-state index contributed by atoms with van der Waals surface area (Å²) in [6.07, 6.45) is 0.816. The molecule has 0 spiro atoms. The summed E-state index contributed by atoms with van der Waals surface area (Å²) < 4.78 is 38.7. The number of benzene rings is 1. The zero-order valence-electron chi connectivity index (χ0n) is 11.6. The molecule has 0 heterocycles. The topological polar surface area (TPSA) is 35.8 Å². The van der Waals surface area contributed by atoms with E-state index >= 15 is 0 Å². The van der Waals surface area contributed by atoms with Gasteiger partial charge in [0.05, 0.1) is 17.2 Å². The minimum Gasteiger partial charge on any atom is -0.385 e. The number of nitrogens with one attached hydrogen (secondary N) is 1. The Hall–Kier alpha value is -1.70. The van der Waals surface area contributed by atoms with E-state index in [4.69, 9.17) is 5.26 Å². The maximum Gasteiger partial charge on any atom is 0.418 e. The molecule has 1 rings (SSSR count). The van der Waals surface area contributed by atoms with E-state index in [9.17, 15) is 13.2 Å². The lowest BCUT2D eigenvalue weighted by Crippen LogP contribution is -2.12. The van der Waals surface area contributed by atoms with Crippen molar-refractivity contribution in [1.82, 2.24) is 0 Å². The van der Waals surface area contributed by atoms with Gasteiger partial charge in [0.15, 0.2) is 0 Å². The third kappa shape index (κ3) is 5.12. The molecule has 0 fully saturated rings. The first kappa shape index (κ1) is 16.4. The van der Waals surface area contributed by atoms with Gasteiger partial charge in [-0.3, -0.25) is 0 Å². The van der Waals surface area contributed by atoms with Gasteiger partial charge in [0.1, 0.15) is 0 Å². The van der Waals surface area contributed by atoms with Gasteiger partial charge in [0.25, 0.3) is 0 Å². The fraction of sp³-hybridized carbons (Fsp3) is 0.533. The fourth-order valence-corrected chi connectivity index (χ4v) is 1.95. The molecule has 20 heavy (non-hydrogen) atoms. The van der Waals surface area contributed by atoms with Gasteiger partial charge < -0.3 is 5.32 Å². The van der Waals surface area contributed by atoms with E-state index in [0.29, 0.717) is 6.54 Å². The first-order valence-corrected chi connectivity index (χ1v) is 6.84. The number of unbranched alkanes of at least 4 members (excludes halogenated alkanes) is 4. The second-order valence-corrected chi connectivity index (χ2v) is 4.71. The zero-order chi connectivity index (χ0) is 15.0. The first-order valence-electron chi connectivity index (χ1n) is 6.84. The van der Waals surface area contributed by atoms with Crippen molar-refractivity contribution in [3.63, 3.8) is 0 Å². The molecule has 0 saturated carbocycles. The van der Waals surface area contributed by atoms with Crippen LogP contribution in [0.25, 0.3) is 0 Å². The van der Waals surface area contributed by atoms with Crippen molar-refractivity contribution < 1.29 is 13.2 Å². The van der Waals surface area contributed by atoms with Gasteiger partial charge in [-0.25, -0.2) is 0 Å². The van der Waals surface area contributed by atoms with Gasteiger partial charge in [-0.2, -0.15) is 18.4 Å². The van der Waals surface area contributed by atoms with E-state index in [1.807, 2.05) is 0 Å². The predicted octanol–water partition coefficient (Wildman–Crippen LogP) is 4.96. The summed E-state index contributed by atoms with van der Waals surface area (Å²) in [6, 6.07) is 5.34. The molecule has 0 atom stereocenters. The van der Waals surface area contributed by atoms with Crippen LogP contribution in [-0.4, -0.2) is 6.54 Å². The molecule has 110 valence electrons. The largest absolute Gasteiger partial charge is 0.418 e. The lowest BCUT2D eigenvalue weighted by Gasteiger charge is -2.14. The average molecular weight is 284 g/mol. The average Bonchev–Trinajstić information content (AvgIpc) is 2.41. The number of nitrogens with zero attached hydrogens (tertiary/aromatic N) is 1. The molecule has 0 aliphatic heterocycles. The third-order valence-electron chi connectivity index (χ3n) is 3.05. The quantitative estimate of drug-likeness (QED) is 0.718. The molecule has 0 saturated heterocycles. The second-order valence-electron chi connectivity index (χ2n) is 4.71. The van der Waals surface area contributed by atoms with E-state index in [2.05, 4.69) is 12.2 Å². The molecule has 1 aromatic rings. The van der Waals surface area contributed by atoms with E-state index in [1.54, 1.807) is 6.07 Å². The van der Waals surface area contributed by atoms with Gasteiger partial charge in [0.2, 0.25) is 0 Å². The summed E-state index contributed by atoms with van der Waals surface area (Å²) in [7, 11) is 0. The normalized spacial score (nSPS) is 11.2. The molecule has 1 N–H and O–H groups in total. The zero-order valence-corrected chi connectivity index (χ0v) is 11.6. The summed E-state index contributed by atoms with van der Waals surface area (Å²) in [5, 5.41) is 11.5. The highest BCUT2D eigenvalue weighted by atomic mass is 19.4. The highest BCUT2D eigenvalue weighted by Gasteiger charge is 2.33. The van der Waals surface area contributed by atoms with Crippen molar-refractivity contribution >= 4 is 5.69 Å². The van der Waals surface area contributed by atoms with Gasteiger partial charge in [0, 0.05) is 12.2 Å². The molecular formula is C15H19F3N2. The van der Waals surface area contributed by atoms with E-state index in [-0.39, 0.29) is 11.3 Å². The van der Waals surface area contributed by atoms with Crippen LogP contribution in [0.5, 0.6) is 0 Å². The van der Waals surface area contributed by atoms with Crippen LogP contribution in [0.3, 0.4) is 0 Å². The van der Waals surface area contributed by atoms with Crippen molar-refractivity contribution in [1.29, 1.82) is 5.26 Å². The number of rotatable bonds is 7. The minimum atomic E-state index is -4.45. The number of anilines is 1. The monoisotopic (exact) mass is 284 g/mol. The molecule has 1 aromatic carbocycles. The van der Waals surface area contributed by atoms with Crippen molar-refractivity contribution in [2.45, 2.75) is 45.2 Å². The van der Waals surface area contributed by atoms with E-state index < -0.39 is 11.7 Å². The standard InChI is InChI=1S/C15H19F3N2/c1-2-3-4-5-6-9-20-14-8-7-12(11-19)10-13(14)15(16,17)18/h7-8,10,20H,2-6,9H2,1H3. The van der Waals surface area contributed by atoms with Gasteiger partial charge in [-0.05, 0) is 24.6 Å². The first-order chi connectivity index (χ1) is 9.49. The van der Waals surface area contributed by atoms with Gasteiger partial charge >= 0.3 is 6.18 Å². The molecule has 5 heteroatoms. The van der Waals surface area contributed by atoms with Crippen molar-refractivity contribution in [2.24, 2.45) is 0 Å². The van der Waals surface area contributed by atoms with Crippen LogP contribution < -0.4 is 5.32 Å². The van der Waals surface area contributed by atoms with Crippen LogP contribution in [-0.2, 0) is 6.18 Å². The molecule has 0 bridgehead atoms. The molecule has 0 aliphatic carbocycles. The SMILES string of the molecule is CCCCCCCNc1ccc(C#N)cc1C(F)(F)F. The molecule has 0 unspecified atom stereocenters. The lowest BCUT2D eigenvalue weighted by atomic mass is 10.1. The molecule has 0 amide bonds. The summed E-state index contributed by atoms with van der Waals surface area (Å²) in [4.78, 5) is 0. The van der Waals surface area contributed by atoms with E-state index in [0.717, 1.165) is 38.2 Å². The highest BCUT2D eigenvalue weighted by Crippen LogP contribution is 2.35. The highest BCUT2D eigenvalue weighted by molar-refractivity contribution is 5.56. The molecule has 0 aliphatic rings. The molecule has 2 nitrogen and oxygen atoms in total. The van der Waals surface area contributed by atoms with Crippen LogP contribution in [0.2, 0.25) is 0 Å². The number of hydrogen-bond acceptors (Lipinski definition) is 2. The van der Waals surface area contributed by atoms with Gasteiger partial charge in [-0.1, -0.05) is 32.6 Å².